The van der Waals surface area contributed by atoms with Gasteiger partial charge in [-0.2, -0.15) is 0 Å². The summed E-state index contributed by atoms with van der Waals surface area (Å²) in [4.78, 5) is 0. The van der Waals surface area contributed by atoms with E-state index in [2.05, 4.69) is 19.6 Å². The summed E-state index contributed by atoms with van der Waals surface area (Å²) in [7, 11) is 0. The first-order chi connectivity index (χ1) is 4.26. The lowest BCUT2D eigenvalue weighted by Crippen LogP contribution is -2.03. The smallest absolute Gasteiger partial charge is 0.0174 e. The fourth-order valence-corrected chi connectivity index (χ4v) is 0.789. The van der Waals surface area contributed by atoms with Crippen molar-refractivity contribution in [1.82, 2.24) is 0 Å². The molecule has 52 valence electrons. The first kappa shape index (κ1) is 8.44. The molecule has 0 saturated heterocycles. The van der Waals surface area contributed by atoms with Crippen molar-refractivity contribution in [2.24, 2.45) is 5.73 Å². The standard InChI is InChI=1S/C8H15N/c1-4-8(5-2)7(3)6-9/h4H,3,5-6,9H2,1-2H3/b8-4-. The van der Waals surface area contributed by atoms with Crippen LogP contribution in [-0.2, 0) is 0 Å². The molecule has 0 spiro atoms. The minimum atomic E-state index is 0.577. The van der Waals surface area contributed by atoms with Gasteiger partial charge in [-0.3, -0.25) is 0 Å². The van der Waals surface area contributed by atoms with E-state index < -0.39 is 0 Å². The van der Waals surface area contributed by atoms with E-state index in [1.807, 2.05) is 6.92 Å². The van der Waals surface area contributed by atoms with E-state index in [9.17, 15) is 0 Å². The lowest BCUT2D eigenvalue weighted by molar-refractivity contribution is 1.05. The third-order valence-corrected chi connectivity index (χ3v) is 1.43. The molecule has 0 rings (SSSR count). The van der Waals surface area contributed by atoms with E-state index in [1.165, 1.54) is 5.57 Å². The molecule has 0 amide bonds. The van der Waals surface area contributed by atoms with Crippen molar-refractivity contribution in [2.75, 3.05) is 6.54 Å². The number of allylic oxidation sites excluding steroid dienone is 1. The van der Waals surface area contributed by atoms with Crippen LogP contribution in [0, 0.1) is 0 Å². The zero-order chi connectivity index (χ0) is 7.28. The predicted octanol–water partition coefficient (Wildman–Crippen LogP) is 1.86. The second-order valence-electron chi connectivity index (χ2n) is 1.98. The molecule has 0 aromatic heterocycles. The van der Waals surface area contributed by atoms with Crippen molar-refractivity contribution in [3.63, 3.8) is 0 Å². The molecule has 0 fully saturated rings. The van der Waals surface area contributed by atoms with Gasteiger partial charge in [0.05, 0.1) is 0 Å². The number of hydrogen-bond acceptors (Lipinski definition) is 1. The summed E-state index contributed by atoms with van der Waals surface area (Å²) in [5, 5.41) is 0. The number of rotatable bonds is 3. The van der Waals surface area contributed by atoms with Crippen LogP contribution in [0.3, 0.4) is 0 Å². The molecule has 2 N–H and O–H groups in total. The topological polar surface area (TPSA) is 26.0 Å². The molecule has 9 heavy (non-hydrogen) atoms. The Morgan fingerprint density at radius 2 is 2.22 bits per heavy atom. The van der Waals surface area contributed by atoms with Crippen LogP contribution in [0.4, 0.5) is 0 Å². The minimum absolute atomic E-state index is 0.577. The maximum atomic E-state index is 5.38. The van der Waals surface area contributed by atoms with Gasteiger partial charge in [0.1, 0.15) is 0 Å². The first-order valence-electron chi connectivity index (χ1n) is 3.29. The molecule has 0 unspecified atom stereocenters. The predicted molar refractivity (Wildman–Crippen MR) is 42.2 cm³/mol. The SMILES string of the molecule is C=C(CN)/C(=C\C)CC. The second kappa shape index (κ2) is 4.33. The zero-order valence-corrected chi connectivity index (χ0v) is 6.28. The quantitative estimate of drug-likeness (QED) is 0.572. The molecule has 0 saturated carbocycles. The maximum absolute atomic E-state index is 5.38. The third-order valence-electron chi connectivity index (χ3n) is 1.43. The summed E-state index contributed by atoms with van der Waals surface area (Å²) >= 11 is 0. The summed E-state index contributed by atoms with van der Waals surface area (Å²) in [5.74, 6) is 0. The lowest BCUT2D eigenvalue weighted by Gasteiger charge is -2.03. The van der Waals surface area contributed by atoms with Crippen molar-refractivity contribution in [1.29, 1.82) is 0 Å². The van der Waals surface area contributed by atoms with Gasteiger partial charge in [0, 0.05) is 6.54 Å². The highest BCUT2D eigenvalue weighted by atomic mass is 14.5. The average Bonchev–Trinajstić information content (AvgIpc) is 1.90. The Balaban J connectivity index is 3.97. The summed E-state index contributed by atoms with van der Waals surface area (Å²) < 4.78 is 0. The van der Waals surface area contributed by atoms with E-state index >= 15 is 0 Å². The van der Waals surface area contributed by atoms with Crippen molar-refractivity contribution < 1.29 is 0 Å². The molecule has 0 radical (unpaired) electrons. The van der Waals surface area contributed by atoms with E-state index in [4.69, 9.17) is 5.73 Å². The van der Waals surface area contributed by atoms with Gasteiger partial charge in [0.25, 0.3) is 0 Å². The largest absolute Gasteiger partial charge is 0.327 e. The van der Waals surface area contributed by atoms with E-state index in [1.54, 1.807) is 0 Å². The molecule has 1 nitrogen and oxygen atoms in total. The Labute approximate surface area is 57.3 Å². The molecule has 0 aromatic carbocycles. The molecule has 0 atom stereocenters. The Morgan fingerprint density at radius 3 is 2.33 bits per heavy atom. The van der Waals surface area contributed by atoms with Gasteiger partial charge in [-0.1, -0.05) is 19.6 Å². The Morgan fingerprint density at radius 1 is 1.67 bits per heavy atom. The maximum Gasteiger partial charge on any atom is 0.0174 e. The van der Waals surface area contributed by atoms with Crippen LogP contribution >= 0.6 is 0 Å². The highest BCUT2D eigenvalue weighted by Gasteiger charge is 1.93. The van der Waals surface area contributed by atoms with E-state index in [0.717, 1.165) is 12.0 Å². The van der Waals surface area contributed by atoms with Crippen molar-refractivity contribution >= 4 is 0 Å². The summed E-state index contributed by atoms with van der Waals surface area (Å²) in [6.45, 7) is 8.52. The Hall–Kier alpha value is -0.560. The molecule has 0 aliphatic carbocycles. The van der Waals surface area contributed by atoms with Gasteiger partial charge >= 0.3 is 0 Å². The minimum Gasteiger partial charge on any atom is -0.327 e. The molecule has 0 aliphatic heterocycles. The first-order valence-corrected chi connectivity index (χ1v) is 3.29. The van der Waals surface area contributed by atoms with Gasteiger partial charge in [-0.05, 0) is 24.5 Å². The van der Waals surface area contributed by atoms with Crippen LogP contribution in [0.2, 0.25) is 0 Å². The highest BCUT2D eigenvalue weighted by Crippen LogP contribution is 2.08. The third kappa shape index (κ3) is 2.47. The van der Waals surface area contributed by atoms with Gasteiger partial charge in [0.15, 0.2) is 0 Å². The Kier molecular flexibility index (Phi) is 4.06. The molecule has 0 aromatic rings. The zero-order valence-electron chi connectivity index (χ0n) is 6.28. The molecular formula is C8H15N. The highest BCUT2D eigenvalue weighted by molar-refractivity contribution is 5.27. The van der Waals surface area contributed by atoms with E-state index in [-0.39, 0.29) is 0 Å². The fourth-order valence-electron chi connectivity index (χ4n) is 0.789. The van der Waals surface area contributed by atoms with Crippen molar-refractivity contribution in [3.8, 4) is 0 Å². The Bertz CT molecular complexity index is 123. The molecule has 1 heteroatoms. The second-order valence-corrected chi connectivity index (χ2v) is 1.98. The van der Waals surface area contributed by atoms with Gasteiger partial charge in [-0.25, -0.2) is 0 Å². The lowest BCUT2D eigenvalue weighted by atomic mass is 10.1. The van der Waals surface area contributed by atoms with Gasteiger partial charge in [-0.15, -0.1) is 0 Å². The van der Waals surface area contributed by atoms with Crippen LogP contribution in [0.15, 0.2) is 23.8 Å². The van der Waals surface area contributed by atoms with E-state index in [0.29, 0.717) is 6.54 Å². The number of nitrogens with two attached hydrogens (primary N) is 1. The summed E-state index contributed by atoms with van der Waals surface area (Å²) in [6, 6.07) is 0. The normalized spacial score (nSPS) is 11.7. The monoisotopic (exact) mass is 125 g/mol. The summed E-state index contributed by atoms with van der Waals surface area (Å²) in [6.07, 6.45) is 3.10. The number of hydrogen-bond donors (Lipinski definition) is 1. The van der Waals surface area contributed by atoms with Crippen LogP contribution in [0.25, 0.3) is 0 Å². The van der Waals surface area contributed by atoms with Crippen molar-refractivity contribution in [3.05, 3.63) is 23.8 Å². The molecule has 0 aliphatic rings. The summed E-state index contributed by atoms with van der Waals surface area (Å²) in [5.41, 5.74) is 7.71. The van der Waals surface area contributed by atoms with Gasteiger partial charge < -0.3 is 5.73 Å². The van der Waals surface area contributed by atoms with Crippen LogP contribution in [-0.4, -0.2) is 6.54 Å². The van der Waals surface area contributed by atoms with Crippen LogP contribution in [0.1, 0.15) is 20.3 Å². The average molecular weight is 125 g/mol. The molecule has 0 heterocycles. The fraction of sp³-hybridized carbons (Fsp3) is 0.500. The molecular weight excluding hydrogens is 110 g/mol. The van der Waals surface area contributed by atoms with Crippen molar-refractivity contribution in [2.45, 2.75) is 20.3 Å². The molecule has 0 bridgehead atoms. The van der Waals surface area contributed by atoms with Gasteiger partial charge in [0.2, 0.25) is 0 Å². The van der Waals surface area contributed by atoms with Crippen LogP contribution in [0.5, 0.6) is 0 Å². The van der Waals surface area contributed by atoms with Crippen LogP contribution < -0.4 is 5.73 Å².